The van der Waals surface area contributed by atoms with Crippen molar-refractivity contribution in [1.82, 2.24) is 0 Å². The first-order valence-electron chi connectivity index (χ1n) is 6.03. The summed E-state index contributed by atoms with van der Waals surface area (Å²) in [6.07, 6.45) is -0.962. The van der Waals surface area contributed by atoms with E-state index in [2.05, 4.69) is 0 Å². The maximum atomic E-state index is 13.2. The zero-order chi connectivity index (χ0) is 13.4. The van der Waals surface area contributed by atoms with Gasteiger partial charge < -0.3 is 9.84 Å². The van der Waals surface area contributed by atoms with Crippen molar-refractivity contribution in [3.05, 3.63) is 65.2 Å². The van der Waals surface area contributed by atoms with Gasteiger partial charge in [0.25, 0.3) is 0 Å². The van der Waals surface area contributed by atoms with E-state index in [1.54, 1.807) is 12.1 Å². The fourth-order valence-corrected chi connectivity index (χ4v) is 2.33. The molecule has 0 saturated heterocycles. The molecule has 98 valence electrons. The molecule has 0 aromatic heterocycles. The molecule has 19 heavy (non-hydrogen) atoms. The average molecular weight is 262 g/mol. The molecule has 4 heteroatoms. The topological polar surface area (TPSA) is 29.5 Å². The molecule has 1 aliphatic heterocycles. The third-order valence-electron chi connectivity index (χ3n) is 3.26. The molecule has 0 saturated carbocycles. The Balaban J connectivity index is 1.95. The highest BCUT2D eigenvalue weighted by Crippen LogP contribution is 2.40. The van der Waals surface area contributed by atoms with Gasteiger partial charge in [-0.2, -0.15) is 0 Å². The number of hydrogen-bond acceptors (Lipinski definition) is 2. The Morgan fingerprint density at radius 2 is 1.84 bits per heavy atom. The Kier molecular flexibility index (Phi) is 2.95. The van der Waals surface area contributed by atoms with Crippen molar-refractivity contribution in [2.24, 2.45) is 0 Å². The van der Waals surface area contributed by atoms with Crippen molar-refractivity contribution in [3.8, 4) is 5.75 Å². The lowest BCUT2D eigenvalue weighted by Crippen LogP contribution is -2.19. The summed E-state index contributed by atoms with van der Waals surface area (Å²) >= 11 is 0. The summed E-state index contributed by atoms with van der Waals surface area (Å²) in [4.78, 5) is 0. The van der Waals surface area contributed by atoms with Gasteiger partial charge in [0.2, 0.25) is 0 Å². The van der Waals surface area contributed by atoms with E-state index in [4.69, 9.17) is 4.74 Å². The number of rotatable bonds is 1. The SMILES string of the molecule is OC1CC(c2cccc(F)c2)Oc2ccc(F)cc21. The summed E-state index contributed by atoms with van der Waals surface area (Å²) in [5, 5.41) is 10.0. The lowest BCUT2D eigenvalue weighted by atomic mass is 9.95. The van der Waals surface area contributed by atoms with E-state index in [1.165, 1.54) is 30.3 Å². The van der Waals surface area contributed by atoms with Gasteiger partial charge in [0.05, 0.1) is 6.10 Å². The number of ether oxygens (including phenoxy) is 1. The fourth-order valence-electron chi connectivity index (χ4n) is 2.33. The number of aliphatic hydroxyl groups is 1. The van der Waals surface area contributed by atoms with Gasteiger partial charge in [-0.1, -0.05) is 12.1 Å². The molecule has 1 N–H and O–H groups in total. The summed E-state index contributed by atoms with van der Waals surface area (Å²) in [6, 6.07) is 10.1. The van der Waals surface area contributed by atoms with E-state index in [0.717, 1.165) is 0 Å². The molecule has 2 aromatic rings. The van der Waals surface area contributed by atoms with Crippen LogP contribution in [0.25, 0.3) is 0 Å². The number of hydrogen-bond donors (Lipinski definition) is 1. The summed E-state index contributed by atoms with van der Waals surface area (Å²) in [5.41, 5.74) is 1.10. The maximum absolute atomic E-state index is 13.2. The molecule has 0 amide bonds. The van der Waals surface area contributed by atoms with Gasteiger partial charge in [-0.3, -0.25) is 0 Å². The molecule has 0 fully saturated rings. The second-order valence-corrected chi connectivity index (χ2v) is 4.60. The quantitative estimate of drug-likeness (QED) is 0.852. The molecule has 0 spiro atoms. The summed E-state index contributed by atoms with van der Waals surface area (Å²) < 4.78 is 32.0. The molecule has 2 aromatic carbocycles. The smallest absolute Gasteiger partial charge is 0.127 e. The molecule has 2 unspecified atom stereocenters. The third kappa shape index (κ3) is 2.31. The van der Waals surface area contributed by atoms with Crippen molar-refractivity contribution in [2.75, 3.05) is 0 Å². The Bertz CT molecular complexity index is 613. The van der Waals surface area contributed by atoms with Crippen molar-refractivity contribution >= 4 is 0 Å². The zero-order valence-corrected chi connectivity index (χ0v) is 10.0. The van der Waals surface area contributed by atoms with Gasteiger partial charge in [-0.05, 0) is 35.9 Å². The molecule has 1 aliphatic rings. The lowest BCUT2D eigenvalue weighted by Gasteiger charge is -2.29. The van der Waals surface area contributed by atoms with Crippen LogP contribution >= 0.6 is 0 Å². The summed E-state index contributed by atoms with van der Waals surface area (Å²) in [6.45, 7) is 0. The monoisotopic (exact) mass is 262 g/mol. The molecule has 2 nitrogen and oxygen atoms in total. The first kappa shape index (κ1) is 12.1. The van der Waals surface area contributed by atoms with E-state index in [0.29, 0.717) is 16.9 Å². The Hall–Kier alpha value is -1.94. The van der Waals surface area contributed by atoms with Gasteiger partial charge in [0.15, 0.2) is 0 Å². The maximum Gasteiger partial charge on any atom is 0.127 e. The van der Waals surface area contributed by atoms with Crippen LogP contribution in [0.4, 0.5) is 8.78 Å². The number of fused-ring (bicyclic) bond motifs is 1. The Morgan fingerprint density at radius 3 is 2.63 bits per heavy atom. The minimum atomic E-state index is -0.812. The van der Waals surface area contributed by atoms with Crippen LogP contribution in [0.5, 0.6) is 5.75 Å². The van der Waals surface area contributed by atoms with Crippen LogP contribution in [0.1, 0.15) is 29.8 Å². The van der Waals surface area contributed by atoms with E-state index in [-0.39, 0.29) is 12.2 Å². The fraction of sp³-hybridized carbons (Fsp3) is 0.200. The van der Waals surface area contributed by atoms with Crippen LogP contribution < -0.4 is 4.74 Å². The first-order chi connectivity index (χ1) is 9.13. The van der Waals surface area contributed by atoms with Crippen molar-refractivity contribution in [1.29, 1.82) is 0 Å². The van der Waals surface area contributed by atoms with E-state index in [9.17, 15) is 13.9 Å². The Morgan fingerprint density at radius 1 is 1.05 bits per heavy atom. The predicted octanol–water partition coefficient (Wildman–Crippen LogP) is 3.52. The van der Waals surface area contributed by atoms with Crippen LogP contribution in [-0.4, -0.2) is 5.11 Å². The van der Waals surface area contributed by atoms with Gasteiger partial charge in [-0.25, -0.2) is 8.78 Å². The van der Waals surface area contributed by atoms with Gasteiger partial charge in [-0.15, -0.1) is 0 Å². The highest BCUT2D eigenvalue weighted by molar-refractivity contribution is 5.38. The molecule has 0 bridgehead atoms. The number of halogens is 2. The molecule has 0 aliphatic carbocycles. The summed E-state index contributed by atoms with van der Waals surface area (Å²) in [7, 11) is 0. The molecule has 0 radical (unpaired) electrons. The molecular formula is C15H12F2O2. The minimum Gasteiger partial charge on any atom is -0.485 e. The second-order valence-electron chi connectivity index (χ2n) is 4.60. The molecular weight excluding hydrogens is 250 g/mol. The molecule has 1 heterocycles. The van der Waals surface area contributed by atoms with Gasteiger partial charge in [0.1, 0.15) is 23.5 Å². The van der Waals surface area contributed by atoms with Gasteiger partial charge >= 0.3 is 0 Å². The highest BCUT2D eigenvalue weighted by atomic mass is 19.1. The second kappa shape index (κ2) is 4.63. The van der Waals surface area contributed by atoms with Crippen LogP contribution in [0.15, 0.2) is 42.5 Å². The van der Waals surface area contributed by atoms with Crippen LogP contribution in [-0.2, 0) is 0 Å². The van der Waals surface area contributed by atoms with Crippen LogP contribution in [0.3, 0.4) is 0 Å². The predicted molar refractivity (Wildman–Crippen MR) is 65.7 cm³/mol. The van der Waals surface area contributed by atoms with Crippen molar-refractivity contribution in [2.45, 2.75) is 18.6 Å². The third-order valence-corrected chi connectivity index (χ3v) is 3.26. The first-order valence-corrected chi connectivity index (χ1v) is 6.03. The largest absolute Gasteiger partial charge is 0.485 e. The minimum absolute atomic E-state index is 0.278. The average Bonchev–Trinajstić information content (AvgIpc) is 2.39. The van der Waals surface area contributed by atoms with E-state index < -0.39 is 18.0 Å². The zero-order valence-electron chi connectivity index (χ0n) is 10.0. The summed E-state index contributed by atoms with van der Waals surface area (Å²) in [5.74, 6) is -0.319. The molecule has 3 rings (SSSR count). The standard InChI is InChI=1S/C15H12F2O2/c16-10-3-1-2-9(6-10)15-8-13(18)12-7-11(17)4-5-14(12)19-15/h1-7,13,15,18H,8H2. The van der Waals surface area contributed by atoms with E-state index >= 15 is 0 Å². The van der Waals surface area contributed by atoms with E-state index in [1.807, 2.05) is 0 Å². The number of aliphatic hydroxyl groups excluding tert-OH is 1. The van der Waals surface area contributed by atoms with Gasteiger partial charge in [0, 0.05) is 12.0 Å². The van der Waals surface area contributed by atoms with Crippen molar-refractivity contribution < 1.29 is 18.6 Å². The Labute approximate surface area is 109 Å². The lowest BCUT2D eigenvalue weighted by molar-refractivity contribution is 0.0652. The van der Waals surface area contributed by atoms with Crippen LogP contribution in [0.2, 0.25) is 0 Å². The van der Waals surface area contributed by atoms with Crippen molar-refractivity contribution in [3.63, 3.8) is 0 Å². The molecule has 2 atom stereocenters. The normalized spacial score (nSPS) is 21.6. The van der Waals surface area contributed by atoms with Crippen LogP contribution in [0, 0.1) is 11.6 Å². The number of benzene rings is 2. The highest BCUT2D eigenvalue weighted by Gasteiger charge is 2.28.